The van der Waals surface area contributed by atoms with Crippen molar-refractivity contribution in [2.45, 2.75) is 5.92 Å². The third kappa shape index (κ3) is 1.49. The molecule has 1 atom stereocenters. The highest BCUT2D eigenvalue weighted by atomic mass is 79.9. The van der Waals surface area contributed by atoms with Crippen molar-refractivity contribution in [2.24, 2.45) is 0 Å². The maximum atomic E-state index is 11.9. The van der Waals surface area contributed by atoms with Crippen molar-refractivity contribution in [3.8, 4) is 0 Å². The molecule has 1 aromatic carbocycles. The van der Waals surface area contributed by atoms with Gasteiger partial charge in [0.15, 0.2) is 0 Å². The summed E-state index contributed by atoms with van der Waals surface area (Å²) in [4.78, 5) is 13.0. The van der Waals surface area contributed by atoms with Crippen LogP contribution in [-0.4, -0.2) is 5.91 Å². The zero-order chi connectivity index (χ0) is 11.1. The number of benzene rings is 1. The van der Waals surface area contributed by atoms with E-state index in [-0.39, 0.29) is 11.8 Å². The molecule has 1 aliphatic heterocycles. The summed E-state index contributed by atoms with van der Waals surface area (Å²) in [6, 6.07) is 9.87. The number of nitrogens with one attached hydrogen (secondary N) is 1. The molecular weight excluding hydrogens is 286 g/mol. The van der Waals surface area contributed by atoms with Gasteiger partial charge in [-0.1, -0.05) is 22.0 Å². The number of halogens is 1. The molecule has 1 unspecified atom stereocenters. The monoisotopic (exact) mass is 293 g/mol. The molecule has 1 aliphatic rings. The Balaban J connectivity index is 2.15. The van der Waals surface area contributed by atoms with Gasteiger partial charge in [-0.15, -0.1) is 11.3 Å². The van der Waals surface area contributed by atoms with E-state index in [1.807, 2.05) is 35.7 Å². The Morgan fingerprint density at radius 2 is 2.19 bits per heavy atom. The average molecular weight is 294 g/mol. The summed E-state index contributed by atoms with van der Waals surface area (Å²) in [6.45, 7) is 0. The van der Waals surface area contributed by atoms with Gasteiger partial charge in [0.05, 0.1) is 5.92 Å². The molecular formula is C12H8BrNOS. The van der Waals surface area contributed by atoms with Gasteiger partial charge < -0.3 is 5.32 Å². The molecule has 16 heavy (non-hydrogen) atoms. The van der Waals surface area contributed by atoms with Gasteiger partial charge in [-0.3, -0.25) is 4.79 Å². The molecule has 1 N–H and O–H groups in total. The number of hydrogen-bond donors (Lipinski definition) is 1. The molecule has 0 bridgehead atoms. The van der Waals surface area contributed by atoms with Gasteiger partial charge in [0.25, 0.3) is 0 Å². The third-order valence-corrected chi connectivity index (χ3v) is 4.10. The van der Waals surface area contributed by atoms with Crippen LogP contribution in [0.1, 0.15) is 16.4 Å². The first-order valence-corrected chi connectivity index (χ1v) is 6.56. The average Bonchev–Trinajstić information content (AvgIpc) is 2.83. The minimum Gasteiger partial charge on any atom is -0.325 e. The van der Waals surface area contributed by atoms with Crippen LogP contribution in [0.2, 0.25) is 0 Å². The molecule has 2 nitrogen and oxygen atoms in total. The number of thiophene rings is 1. The highest BCUT2D eigenvalue weighted by Gasteiger charge is 2.32. The number of carbonyl (C=O) groups is 1. The molecule has 0 spiro atoms. The molecule has 0 saturated carbocycles. The van der Waals surface area contributed by atoms with Crippen molar-refractivity contribution in [2.75, 3.05) is 5.32 Å². The van der Waals surface area contributed by atoms with Crippen molar-refractivity contribution in [3.63, 3.8) is 0 Å². The number of carbonyl (C=O) groups excluding carboxylic acids is 1. The van der Waals surface area contributed by atoms with Gasteiger partial charge in [0, 0.05) is 15.0 Å². The molecule has 2 aromatic rings. The Morgan fingerprint density at radius 1 is 1.31 bits per heavy atom. The predicted octanol–water partition coefficient (Wildman–Crippen LogP) is 3.59. The van der Waals surface area contributed by atoms with Gasteiger partial charge >= 0.3 is 0 Å². The molecule has 0 fully saturated rings. The van der Waals surface area contributed by atoms with E-state index in [2.05, 4.69) is 21.2 Å². The Morgan fingerprint density at radius 3 is 2.94 bits per heavy atom. The van der Waals surface area contributed by atoms with Gasteiger partial charge in [0.1, 0.15) is 0 Å². The van der Waals surface area contributed by atoms with Crippen LogP contribution >= 0.6 is 27.3 Å². The van der Waals surface area contributed by atoms with Gasteiger partial charge in [-0.2, -0.15) is 0 Å². The predicted molar refractivity (Wildman–Crippen MR) is 68.9 cm³/mol. The summed E-state index contributed by atoms with van der Waals surface area (Å²) in [5.41, 5.74) is 1.98. The minimum absolute atomic E-state index is 0.0653. The number of fused-ring (bicyclic) bond motifs is 1. The zero-order valence-electron chi connectivity index (χ0n) is 8.24. The fourth-order valence-corrected chi connectivity index (χ4v) is 3.19. The van der Waals surface area contributed by atoms with Gasteiger partial charge in [-0.05, 0) is 35.2 Å². The van der Waals surface area contributed by atoms with Crippen molar-refractivity contribution >= 4 is 38.9 Å². The van der Waals surface area contributed by atoms with Crippen LogP contribution in [0.3, 0.4) is 0 Å². The van der Waals surface area contributed by atoms with Crippen LogP contribution in [0.25, 0.3) is 0 Å². The Labute approximate surface area is 105 Å². The zero-order valence-corrected chi connectivity index (χ0v) is 10.6. The van der Waals surface area contributed by atoms with Gasteiger partial charge in [0.2, 0.25) is 5.91 Å². The fraction of sp³-hybridized carbons (Fsp3) is 0.0833. The van der Waals surface area contributed by atoms with E-state index in [0.29, 0.717) is 0 Å². The normalized spacial score (nSPS) is 18.3. The Bertz CT molecular complexity index is 550. The first kappa shape index (κ1) is 10.1. The summed E-state index contributed by atoms with van der Waals surface area (Å²) in [7, 11) is 0. The van der Waals surface area contributed by atoms with Crippen LogP contribution in [-0.2, 0) is 4.79 Å². The Hall–Kier alpha value is -1.13. The number of anilines is 1. The number of hydrogen-bond acceptors (Lipinski definition) is 2. The maximum Gasteiger partial charge on any atom is 0.237 e. The molecule has 1 aromatic heterocycles. The van der Waals surface area contributed by atoms with Crippen molar-refractivity contribution < 1.29 is 4.79 Å². The lowest BCUT2D eigenvalue weighted by Crippen LogP contribution is -2.11. The summed E-state index contributed by atoms with van der Waals surface area (Å²) in [6.07, 6.45) is 0. The molecule has 0 saturated heterocycles. The lowest BCUT2D eigenvalue weighted by Gasteiger charge is -2.05. The van der Waals surface area contributed by atoms with E-state index in [9.17, 15) is 4.79 Å². The fourth-order valence-electron chi connectivity index (χ4n) is 1.97. The standard InChI is InChI=1S/C12H8BrNOS/c13-7-3-4-9-8(6-7)11(12(15)14-9)10-2-1-5-16-10/h1-6,11H,(H,14,15). The highest BCUT2D eigenvalue weighted by Crippen LogP contribution is 2.39. The number of rotatable bonds is 1. The van der Waals surface area contributed by atoms with E-state index in [0.717, 1.165) is 20.6 Å². The molecule has 80 valence electrons. The van der Waals surface area contributed by atoms with E-state index in [4.69, 9.17) is 0 Å². The lowest BCUT2D eigenvalue weighted by molar-refractivity contribution is -0.116. The first-order chi connectivity index (χ1) is 7.75. The molecule has 1 amide bonds. The lowest BCUT2D eigenvalue weighted by atomic mass is 9.99. The smallest absolute Gasteiger partial charge is 0.237 e. The topological polar surface area (TPSA) is 29.1 Å². The van der Waals surface area contributed by atoms with Crippen molar-refractivity contribution in [1.29, 1.82) is 0 Å². The quantitative estimate of drug-likeness (QED) is 0.855. The number of amides is 1. The second-order valence-electron chi connectivity index (χ2n) is 3.67. The van der Waals surface area contributed by atoms with Gasteiger partial charge in [-0.25, -0.2) is 0 Å². The summed E-state index contributed by atoms with van der Waals surface area (Å²) >= 11 is 5.06. The van der Waals surface area contributed by atoms with E-state index >= 15 is 0 Å². The van der Waals surface area contributed by atoms with Crippen LogP contribution < -0.4 is 5.32 Å². The summed E-state index contributed by atoms with van der Waals surface area (Å²) < 4.78 is 1.00. The SMILES string of the molecule is O=C1Nc2ccc(Br)cc2C1c1cccs1. The Kier molecular flexibility index (Phi) is 2.33. The molecule has 0 aliphatic carbocycles. The second-order valence-corrected chi connectivity index (χ2v) is 5.56. The largest absolute Gasteiger partial charge is 0.325 e. The van der Waals surface area contributed by atoms with E-state index in [1.165, 1.54) is 0 Å². The second kappa shape index (κ2) is 3.71. The van der Waals surface area contributed by atoms with Crippen molar-refractivity contribution in [3.05, 3.63) is 50.6 Å². The molecule has 4 heteroatoms. The molecule has 0 radical (unpaired) electrons. The third-order valence-electron chi connectivity index (χ3n) is 2.67. The minimum atomic E-state index is -0.146. The molecule has 3 rings (SSSR count). The van der Waals surface area contributed by atoms with Crippen molar-refractivity contribution in [1.82, 2.24) is 0 Å². The summed E-state index contributed by atoms with van der Waals surface area (Å²) in [5, 5.41) is 4.91. The van der Waals surface area contributed by atoms with E-state index < -0.39 is 0 Å². The molecule has 2 heterocycles. The van der Waals surface area contributed by atoms with E-state index in [1.54, 1.807) is 11.3 Å². The van der Waals surface area contributed by atoms with Crippen LogP contribution in [0, 0.1) is 0 Å². The van der Waals surface area contributed by atoms with Crippen LogP contribution in [0.15, 0.2) is 40.2 Å². The summed E-state index contributed by atoms with van der Waals surface area (Å²) in [5.74, 6) is -0.0805. The first-order valence-electron chi connectivity index (χ1n) is 4.89. The maximum absolute atomic E-state index is 11.9. The highest BCUT2D eigenvalue weighted by molar-refractivity contribution is 9.10. The van der Waals surface area contributed by atoms with Crippen LogP contribution in [0.4, 0.5) is 5.69 Å². The van der Waals surface area contributed by atoms with Crippen LogP contribution in [0.5, 0.6) is 0 Å².